The molecule has 0 saturated carbocycles. The van der Waals surface area contributed by atoms with E-state index in [9.17, 15) is 29.1 Å². The molecule has 0 spiro atoms. The number of hydrogen-bond acceptors (Lipinski definition) is 8. The van der Waals surface area contributed by atoms with Crippen LogP contribution in [-0.2, 0) is 12.6 Å². The van der Waals surface area contributed by atoms with Crippen molar-refractivity contribution in [2.75, 3.05) is 0 Å². The standard InChI is InChI=1S/C11H6O10S.C6H6S.2Na/c12-7(13)1-2(8(14)15)4(10(18)19)6(22)5(11(20)21)3(1)9(16)17;7-6-4-2-1-3-5-6;;/h22H,(H,12,13)(H,14,15)(H,16,17)(H,18,19)(H,20,21);1-5,7H;;/q;;2*+1/p-2. The van der Waals surface area contributed by atoms with Gasteiger partial charge in [0.2, 0.25) is 0 Å². The van der Waals surface area contributed by atoms with Gasteiger partial charge in [-0.25, -0.2) is 19.2 Å². The number of thiol groups is 1. The van der Waals surface area contributed by atoms with Gasteiger partial charge in [-0.05, 0) is 17.7 Å². The van der Waals surface area contributed by atoms with Crippen molar-refractivity contribution in [1.29, 1.82) is 0 Å². The molecule has 0 aliphatic rings. The van der Waals surface area contributed by atoms with Crippen molar-refractivity contribution in [1.82, 2.24) is 0 Å². The fourth-order valence-corrected chi connectivity index (χ4v) is 2.74. The smallest absolute Gasteiger partial charge is 0.778 e. The van der Waals surface area contributed by atoms with E-state index >= 15 is 0 Å². The van der Waals surface area contributed by atoms with Crippen LogP contribution in [0.1, 0.15) is 51.8 Å². The first-order chi connectivity index (χ1) is 13.4. The number of benzene rings is 2. The summed E-state index contributed by atoms with van der Waals surface area (Å²) in [6, 6.07) is 9.79. The van der Waals surface area contributed by atoms with Crippen LogP contribution < -0.4 is 64.2 Å². The SMILES string of the molecule is O=C([O-])c1c([S-])c(C(=O)O)c(C(=O)O)c(C(=O)O)c1C(=O)O.Sc1ccccc1.[Na+].[Na+]. The minimum absolute atomic E-state index is 0. The van der Waals surface area contributed by atoms with E-state index < -0.39 is 62.6 Å². The molecule has 0 bridgehead atoms. The molecule has 2 aromatic carbocycles. The topological polar surface area (TPSA) is 189 Å². The van der Waals surface area contributed by atoms with Crippen LogP contribution in [0.3, 0.4) is 0 Å². The third-order valence-corrected chi connectivity index (χ3v) is 3.98. The van der Waals surface area contributed by atoms with Gasteiger partial charge in [-0.2, -0.15) is 0 Å². The molecule has 0 radical (unpaired) electrons. The number of carboxylic acids is 5. The summed E-state index contributed by atoms with van der Waals surface area (Å²) in [5.74, 6) is -10.6. The Bertz CT molecular complexity index is 972. The van der Waals surface area contributed by atoms with Gasteiger partial charge in [-0.15, -0.1) is 17.5 Å². The third kappa shape index (κ3) is 7.77. The molecule has 152 valence electrons. The van der Waals surface area contributed by atoms with Crippen LogP contribution >= 0.6 is 12.6 Å². The molecule has 10 nitrogen and oxygen atoms in total. The second-order valence-electron chi connectivity index (χ2n) is 5.05. The minimum Gasteiger partial charge on any atom is -0.778 e. The predicted molar refractivity (Wildman–Crippen MR) is 97.9 cm³/mol. The maximum absolute atomic E-state index is 11.1. The van der Waals surface area contributed by atoms with E-state index in [1.54, 1.807) is 0 Å². The van der Waals surface area contributed by atoms with Crippen molar-refractivity contribution in [3.63, 3.8) is 0 Å². The fraction of sp³-hybridized carbons (Fsp3) is 0. The van der Waals surface area contributed by atoms with Gasteiger partial charge in [0.1, 0.15) is 0 Å². The van der Waals surface area contributed by atoms with Gasteiger partial charge in [0.25, 0.3) is 0 Å². The summed E-state index contributed by atoms with van der Waals surface area (Å²) in [6.45, 7) is 0. The molecule has 0 atom stereocenters. The van der Waals surface area contributed by atoms with Crippen molar-refractivity contribution in [2.24, 2.45) is 0 Å². The quantitative estimate of drug-likeness (QED) is 0.155. The molecule has 0 aliphatic carbocycles. The van der Waals surface area contributed by atoms with E-state index in [1.807, 2.05) is 30.3 Å². The second kappa shape index (κ2) is 13.7. The number of carbonyl (C=O) groups excluding carboxylic acids is 1. The first kappa shape index (κ1) is 31.5. The summed E-state index contributed by atoms with van der Waals surface area (Å²) >= 11 is 8.57. The number of carbonyl (C=O) groups is 5. The molecule has 0 aromatic heterocycles. The monoisotopic (exact) mass is 484 g/mol. The van der Waals surface area contributed by atoms with Crippen molar-refractivity contribution in [3.05, 3.63) is 58.1 Å². The normalized spacial score (nSPS) is 9.06. The summed E-state index contributed by atoms with van der Waals surface area (Å²) in [6.07, 6.45) is 0. The Hall–Kier alpha value is -1.64. The third-order valence-electron chi connectivity index (χ3n) is 3.27. The summed E-state index contributed by atoms with van der Waals surface area (Å²) in [7, 11) is 0. The largest absolute Gasteiger partial charge is 1.00 e. The van der Waals surface area contributed by atoms with Gasteiger partial charge in [-0.1, -0.05) is 18.2 Å². The molecule has 31 heavy (non-hydrogen) atoms. The molecule has 0 heterocycles. The molecule has 0 fully saturated rings. The second-order valence-corrected chi connectivity index (χ2v) is 5.97. The van der Waals surface area contributed by atoms with Crippen molar-refractivity contribution < 1.29 is 109 Å². The van der Waals surface area contributed by atoms with E-state index in [2.05, 4.69) is 25.3 Å². The molecule has 2 aromatic rings. The van der Waals surface area contributed by atoms with E-state index in [0.29, 0.717) is 0 Å². The van der Waals surface area contributed by atoms with Crippen LogP contribution in [0.2, 0.25) is 0 Å². The summed E-state index contributed by atoms with van der Waals surface area (Å²) in [4.78, 5) is 55.4. The average molecular weight is 484 g/mol. The van der Waals surface area contributed by atoms with Gasteiger partial charge >= 0.3 is 83.0 Å². The van der Waals surface area contributed by atoms with Crippen LogP contribution in [-0.4, -0.2) is 50.3 Å². The molecule has 14 heteroatoms. The van der Waals surface area contributed by atoms with E-state index in [0.717, 1.165) is 4.90 Å². The van der Waals surface area contributed by atoms with Gasteiger partial charge < -0.3 is 43.0 Å². The van der Waals surface area contributed by atoms with Crippen LogP contribution in [0.4, 0.5) is 0 Å². The molecule has 4 N–H and O–H groups in total. The molecular formula is C17H10Na2O10S2. The van der Waals surface area contributed by atoms with Gasteiger partial charge in [0, 0.05) is 4.90 Å². The number of rotatable bonds is 5. The predicted octanol–water partition coefficient (Wildman–Crippen LogP) is -5.27. The zero-order valence-electron chi connectivity index (χ0n) is 16.0. The Morgan fingerprint density at radius 2 is 1.00 bits per heavy atom. The molecule has 0 unspecified atom stereocenters. The molecule has 2 rings (SSSR count). The minimum atomic E-state index is -2.25. The number of carboxylic acid groups (broad SMARTS) is 5. The van der Waals surface area contributed by atoms with Crippen LogP contribution in [0.15, 0.2) is 40.1 Å². The van der Waals surface area contributed by atoms with Crippen LogP contribution in [0.25, 0.3) is 0 Å². The van der Waals surface area contributed by atoms with Crippen molar-refractivity contribution in [3.8, 4) is 0 Å². The summed E-state index contributed by atoms with van der Waals surface area (Å²) in [5, 5.41) is 46.9. The van der Waals surface area contributed by atoms with E-state index in [-0.39, 0.29) is 59.1 Å². The first-order valence-corrected chi connectivity index (χ1v) is 8.06. The van der Waals surface area contributed by atoms with Crippen LogP contribution in [0.5, 0.6) is 0 Å². The van der Waals surface area contributed by atoms with E-state index in [1.165, 1.54) is 0 Å². The van der Waals surface area contributed by atoms with Gasteiger partial charge in [0.15, 0.2) is 0 Å². The molecular weight excluding hydrogens is 474 g/mol. The molecule has 0 amide bonds. The van der Waals surface area contributed by atoms with Crippen molar-refractivity contribution >= 4 is 55.1 Å². The van der Waals surface area contributed by atoms with Crippen LogP contribution in [0, 0.1) is 0 Å². The zero-order valence-corrected chi connectivity index (χ0v) is 21.7. The summed E-state index contributed by atoms with van der Waals surface area (Å²) < 4.78 is 0. The first-order valence-electron chi connectivity index (χ1n) is 7.21. The Morgan fingerprint density at radius 3 is 1.26 bits per heavy atom. The summed E-state index contributed by atoms with van der Waals surface area (Å²) in [5.41, 5.74) is -7.09. The van der Waals surface area contributed by atoms with Gasteiger partial charge in [0.05, 0.1) is 28.2 Å². The molecule has 0 saturated heterocycles. The Balaban J connectivity index is 0. The Morgan fingerprint density at radius 1 is 0.677 bits per heavy atom. The Kier molecular flexibility index (Phi) is 13.9. The fourth-order valence-electron chi connectivity index (χ4n) is 2.20. The maximum Gasteiger partial charge on any atom is 1.00 e. The number of hydrogen-bond donors (Lipinski definition) is 5. The maximum atomic E-state index is 11.1. The average Bonchev–Trinajstić information content (AvgIpc) is 2.60. The van der Waals surface area contributed by atoms with E-state index in [4.69, 9.17) is 20.4 Å². The number of aromatic carboxylic acids is 5. The van der Waals surface area contributed by atoms with Crippen molar-refractivity contribution in [2.45, 2.75) is 9.79 Å². The Labute approximate surface area is 229 Å². The zero-order chi connectivity index (χ0) is 22.5. The molecule has 0 aliphatic heterocycles. The van der Waals surface area contributed by atoms with Gasteiger partial charge in [-0.3, -0.25) is 0 Å².